The first-order valence-electron chi connectivity index (χ1n) is 5.48. The molecule has 0 aromatic carbocycles. The summed E-state index contributed by atoms with van der Waals surface area (Å²) in [4.78, 5) is 15.8. The Morgan fingerprint density at radius 2 is 2.56 bits per heavy atom. The number of aromatic nitrogens is 4. The fraction of sp³-hybridized carbons (Fsp3) is 0.400. The first-order chi connectivity index (χ1) is 8.81. The van der Waals surface area contributed by atoms with Crippen LogP contribution in [-0.4, -0.2) is 39.6 Å². The summed E-state index contributed by atoms with van der Waals surface area (Å²) in [5.74, 6) is 0.122. The SMILES string of the molecule is COC(=O)c1nnn2c1NCCC2c1nccs1. The lowest BCUT2D eigenvalue weighted by molar-refractivity contribution is 0.0595. The van der Waals surface area contributed by atoms with Crippen LogP contribution < -0.4 is 5.32 Å². The van der Waals surface area contributed by atoms with Gasteiger partial charge >= 0.3 is 5.97 Å². The maximum absolute atomic E-state index is 11.5. The fourth-order valence-electron chi connectivity index (χ4n) is 1.99. The molecule has 1 aliphatic rings. The molecule has 7 nitrogen and oxygen atoms in total. The minimum absolute atomic E-state index is 0.0344. The van der Waals surface area contributed by atoms with E-state index in [2.05, 4.69) is 25.3 Å². The first-order valence-corrected chi connectivity index (χ1v) is 6.36. The molecule has 0 saturated carbocycles. The molecule has 1 aliphatic heterocycles. The van der Waals surface area contributed by atoms with Crippen LogP contribution in [0.2, 0.25) is 0 Å². The summed E-state index contributed by atoms with van der Waals surface area (Å²) >= 11 is 1.57. The van der Waals surface area contributed by atoms with Crippen LogP contribution >= 0.6 is 11.3 Å². The van der Waals surface area contributed by atoms with Crippen LogP contribution in [0.25, 0.3) is 0 Å². The van der Waals surface area contributed by atoms with Gasteiger partial charge in [-0.1, -0.05) is 5.21 Å². The molecule has 0 radical (unpaired) electrons. The zero-order valence-electron chi connectivity index (χ0n) is 9.66. The van der Waals surface area contributed by atoms with E-state index in [4.69, 9.17) is 0 Å². The number of carbonyl (C=O) groups is 1. The molecule has 1 N–H and O–H groups in total. The minimum atomic E-state index is -0.483. The zero-order chi connectivity index (χ0) is 12.5. The Morgan fingerprint density at radius 1 is 1.67 bits per heavy atom. The van der Waals surface area contributed by atoms with Gasteiger partial charge in [0.25, 0.3) is 0 Å². The van der Waals surface area contributed by atoms with Gasteiger partial charge < -0.3 is 10.1 Å². The first kappa shape index (κ1) is 11.1. The van der Waals surface area contributed by atoms with Crippen LogP contribution in [0.15, 0.2) is 11.6 Å². The second-order valence-corrected chi connectivity index (χ2v) is 4.75. The maximum Gasteiger partial charge on any atom is 0.362 e. The van der Waals surface area contributed by atoms with Gasteiger partial charge in [0.05, 0.1) is 7.11 Å². The fourth-order valence-corrected chi connectivity index (χ4v) is 2.74. The number of anilines is 1. The highest BCUT2D eigenvalue weighted by Gasteiger charge is 2.29. The van der Waals surface area contributed by atoms with Crippen LogP contribution in [-0.2, 0) is 4.74 Å². The molecule has 2 aromatic rings. The average molecular weight is 265 g/mol. The van der Waals surface area contributed by atoms with E-state index >= 15 is 0 Å². The average Bonchev–Trinajstić information content (AvgIpc) is 3.06. The number of methoxy groups -OCH3 is 1. The third-order valence-corrected chi connectivity index (χ3v) is 3.69. The third-order valence-electron chi connectivity index (χ3n) is 2.82. The van der Waals surface area contributed by atoms with Crippen molar-refractivity contribution in [1.82, 2.24) is 20.0 Å². The van der Waals surface area contributed by atoms with Gasteiger partial charge in [0.15, 0.2) is 5.82 Å². The van der Waals surface area contributed by atoms with E-state index in [1.807, 2.05) is 5.38 Å². The monoisotopic (exact) mass is 265 g/mol. The maximum atomic E-state index is 11.5. The smallest absolute Gasteiger partial charge is 0.362 e. The van der Waals surface area contributed by atoms with Crippen LogP contribution in [0, 0.1) is 0 Å². The highest BCUT2D eigenvalue weighted by Crippen LogP contribution is 2.31. The van der Waals surface area contributed by atoms with E-state index in [9.17, 15) is 4.79 Å². The number of thiazole rings is 1. The van der Waals surface area contributed by atoms with Gasteiger partial charge in [-0.2, -0.15) is 0 Å². The number of nitrogens with one attached hydrogen (secondary N) is 1. The van der Waals surface area contributed by atoms with Gasteiger partial charge in [-0.05, 0) is 6.42 Å². The molecule has 18 heavy (non-hydrogen) atoms. The van der Waals surface area contributed by atoms with Crippen LogP contribution in [0.1, 0.15) is 28.0 Å². The second-order valence-electron chi connectivity index (χ2n) is 3.82. The Bertz CT molecular complexity index is 565. The minimum Gasteiger partial charge on any atom is -0.464 e. The predicted molar refractivity (Wildman–Crippen MR) is 64.7 cm³/mol. The molecule has 3 heterocycles. The molecule has 8 heteroatoms. The molecular weight excluding hydrogens is 254 g/mol. The lowest BCUT2D eigenvalue weighted by Gasteiger charge is -2.23. The Morgan fingerprint density at radius 3 is 3.28 bits per heavy atom. The molecule has 0 bridgehead atoms. The third kappa shape index (κ3) is 1.65. The molecule has 94 valence electrons. The quantitative estimate of drug-likeness (QED) is 0.813. The molecule has 0 fully saturated rings. The molecule has 0 aliphatic carbocycles. The van der Waals surface area contributed by atoms with E-state index in [1.165, 1.54) is 7.11 Å². The number of carbonyl (C=O) groups excluding carboxylic acids is 1. The van der Waals surface area contributed by atoms with E-state index in [1.54, 1.807) is 22.2 Å². The number of hydrogen-bond acceptors (Lipinski definition) is 7. The zero-order valence-corrected chi connectivity index (χ0v) is 10.5. The molecular formula is C10H11N5O2S. The number of nitrogens with zero attached hydrogens (tertiary/aromatic N) is 4. The summed E-state index contributed by atoms with van der Waals surface area (Å²) in [6.45, 7) is 0.752. The van der Waals surface area contributed by atoms with Gasteiger partial charge in [-0.25, -0.2) is 14.5 Å². The molecule has 0 spiro atoms. The lowest BCUT2D eigenvalue weighted by Crippen LogP contribution is -2.25. The van der Waals surface area contributed by atoms with Gasteiger partial charge in [0, 0.05) is 18.1 Å². The van der Waals surface area contributed by atoms with E-state index in [0.717, 1.165) is 18.0 Å². The molecule has 3 rings (SSSR count). The Hall–Kier alpha value is -1.96. The van der Waals surface area contributed by atoms with Crippen molar-refractivity contribution in [3.8, 4) is 0 Å². The Kier molecular flexibility index (Phi) is 2.71. The number of esters is 1. The largest absolute Gasteiger partial charge is 0.464 e. The number of rotatable bonds is 2. The highest BCUT2D eigenvalue weighted by molar-refractivity contribution is 7.09. The predicted octanol–water partition coefficient (Wildman–Crippen LogP) is 0.926. The standard InChI is InChI=1S/C10H11N5O2S/c1-17-10(16)7-8-11-3-2-6(15(8)14-13-7)9-12-4-5-18-9/h4-6,11H,2-3H2,1H3. The van der Waals surface area contributed by atoms with Crippen molar-refractivity contribution in [1.29, 1.82) is 0 Å². The van der Waals surface area contributed by atoms with Gasteiger partial charge in [-0.3, -0.25) is 0 Å². The normalized spacial score (nSPS) is 17.9. The number of fused-ring (bicyclic) bond motifs is 1. The van der Waals surface area contributed by atoms with Crippen molar-refractivity contribution in [3.05, 3.63) is 22.3 Å². The topological polar surface area (TPSA) is 81.9 Å². The lowest BCUT2D eigenvalue weighted by atomic mass is 10.2. The molecule has 0 saturated heterocycles. The summed E-state index contributed by atoms with van der Waals surface area (Å²) in [6.07, 6.45) is 2.63. The van der Waals surface area contributed by atoms with Crippen LogP contribution in [0.3, 0.4) is 0 Å². The van der Waals surface area contributed by atoms with Crippen LogP contribution in [0.4, 0.5) is 5.82 Å². The summed E-state index contributed by atoms with van der Waals surface area (Å²) in [5, 5.41) is 13.9. The summed E-state index contributed by atoms with van der Waals surface area (Å²) in [7, 11) is 1.33. The van der Waals surface area contributed by atoms with Gasteiger partial charge in [0.2, 0.25) is 5.69 Å². The Balaban J connectivity index is 2.02. The molecule has 1 unspecified atom stereocenters. The Labute approximate surface area is 107 Å². The van der Waals surface area contributed by atoms with Crippen molar-refractivity contribution >= 4 is 23.1 Å². The number of hydrogen-bond donors (Lipinski definition) is 1. The van der Waals surface area contributed by atoms with E-state index < -0.39 is 5.97 Å². The second kappa shape index (κ2) is 4.37. The summed E-state index contributed by atoms with van der Waals surface area (Å²) < 4.78 is 6.38. The van der Waals surface area contributed by atoms with Crippen molar-refractivity contribution < 1.29 is 9.53 Å². The van der Waals surface area contributed by atoms with Crippen molar-refractivity contribution in [2.24, 2.45) is 0 Å². The van der Waals surface area contributed by atoms with Crippen molar-refractivity contribution in [2.75, 3.05) is 19.0 Å². The molecule has 1 atom stereocenters. The molecule has 0 amide bonds. The highest BCUT2D eigenvalue weighted by atomic mass is 32.1. The van der Waals surface area contributed by atoms with E-state index in [-0.39, 0.29) is 11.7 Å². The summed E-state index contributed by atoms with van der Waals surface area (Å²) in [6, 6.07) is 0.0344. The van der Waals surface area contributed by atoms with E-state index in [0.29, 0.717) is 5.82 Å². The van der Waals surface area contributed by atoms with Crippen LogP contribution in [0.5, 0.6) is 0 Å². The van der Waals surface area contributed by atoms with Crippen molar-refractivity contribution in [2.45, 2.75) is 12.5 Å². The molecule has 2 aromatic heterocycles. The van der Waals surface area contributed by atoms with Gasteiger partial charge in [-0.15, -0.1) is 16.4 Å². The summed E-state index contributed by atoms with van der Waals surface area (Å²) in [5.41, 5.74) is 0.221. The number of ether oxygens (including phenoxy) is 1. The van der Waals surface area contributed by atoms with Crippen molar-refractivity contribution in [3.63, 3.8) is 0 Å². The van der Waals surface area contributed by atoms with Gasteiger partial charge in [0.1, 0.15) is 11.0 Å².